The van der Waals surface area contributed by atoms with Crippen molar-refractivity contribution in [2.45, 2.75) is 38.8 Å². The first-order valence-electron chi connectivity index (χ1n) is 6.97. The lowest BCUT2D eigenvalue weighted by Gasteiger charge is -2.59. The molecule has 2 rings (SSSR count). The third-order valence-corrected chi connectivity index (χ3v) is 5.02. The van der Waals surface area contributed by atoms with Gasteiger partial charge in [-0.3, -0.25) is 9.59 Å². The molecule has 0 radical (unpaired) electrons. The van der Waals surface area contributed by atoms with Crippen LogP contribution in [0.25, 0.3) is 0 Å². The quantitative estimate of drug-likeness (QED) is 0.886. The second kappa shape index (κ2) is 5.15. The van der Waals surface area contributed by atoms with Gasteiger partial charge < -0.3 is 15.8 Å². The number of nitrogens with two attached hydrogens (primary N) is 1. The molecule has 2 atom stereocenters. The zero-order valence-corrected chi connectivity index (χ0v) is 12.9. The second-order valence-electron chi connectivity index (χ2n) is 6.33. The minimum absolute atomic E-state index is 0.0609. The molecule has 0 spiro atoms. The van der Waals surface area contributed by atoms with Gasteiger partial charge in [0.15, 0.2) is 0 Å². The summed E-state index contributed by atoms with van der Waals surface area (Å²) in [5.41, 5.74) is 5.73. The van der Waals surface area contributed by atoms with Crippen molar-refractivity contribution in [2.24, 2.45) is 11.1 Å². The molecule has 2 amide bonds. The summed E-state index contributed by atoms with van der Waals surface area (Å²) in [4.78, 5) is 23.3. The maximum Gasteiger partial charge on any atom is 0.251 e. The van der Waals surface area contributed by atoms with Crippen molar-refractivity contribution >= 4 is 11.8 Å². The average Bonchev–Trinajstić information content (AvgIpc) is 2.46. The van der Waals surface area contributed by atoms with E-state index in [1.54, 1.807) is 31.4 Å². The molecular formula is C16H22N2O3. The maximum atomic E-state index is 12.2. The van der Waals surface area contributed by atoms with Crippen LogP contribution in [0.15, 0.2) is 24.3 Å². The van der Waals surface area contributed by atoms with E-state index >= 15 is 0 Å². The molecule has 1 aliphatic rings. The number of benzene rings is 1. The van der Waals surface area contributed by atoms with Gasteiger partial charge in [0.2, 0.25) is 5.91 Å². The minimum Gasteiger partial charge on any atom is -0.378 e. The van der Waals surface area contributed by atoms with Crippen LogP contribution in [0.1, 0.15) is 47.9 Å². The van der Waals surface area contributed by atoms with Gasteiger partial charge in [-0.15, -0.1) is 0 Å². The fraction of sp³-hybridized carbons (Fsp3) is 0.500. The molecule has 1 aromatic carbocycles. The van der Waals surface area contributed by atoms with Crippen LogP contribution < -0.4 is 11.1 Å². The zero-order chi connectivity index (χ0) is 15.8. The number of ether oxygens (including phenoxy) is 1. The van der Waals surface area contributed by atoms with Crippen LogP contribution in [0, 0.1) is 5.41 Å². The van der Waals surface area contributed by atoms with Crippen LogP contribution in [0.4, 0.5) is 0 Å². The third-order valence-electron chi connectivity index (χ3n) is 5.02. The molecule has 114 valence electrons. The fourth-order valence-electron chi connectivity index (χ4n) is 2.75. The average molecular weight is 290 g/mol. The monoisotopic (exact) mass is 290 g/mol. The lowest BCUT2D eigenvalue weighted by Crippen LogP contribution is -2.68. The lowest BCUT2D eigenvalue weighted by atomic mass is 9.56. The number of rotatable bonds is 4. The summed E-state index contributed by atoms with van der Waals surface area (Å²) in [7, 11) is 1.70. The lowest BCUT2D eigenvalue weighted by molar-refractivity contribution is -0.177. The molecule has 1 aromatic rings. The highest BCUT2D eigenvalue weighted by Crippen LogP contribution is 2.51. The Balaban J connectivity index is 2.05. The molecule has 1 fully saturated rings. The van der Waals surface area contributed by atoms with E-state index < -0.39 is 5.91 Å². The van der Waals surface area contributed by atoms with E-state index in [1.807, 2.05) is 0 Å². The predicted molar refractivity (Wildman–Crippen MR) is 80.0 cm³/mol. The molecule has 0 heterocycles. The van der Waals surface area contributed by atoms with E-state index in [1.165, 1.54) is 0 Å². The number of nitrogens with one attached hydrogen (secondary N) is 1. The second-order valence-corrected chi connectivity index (χ2v) is 6.33. The molecule has 2 unspecified atom stereocenters. The Bertz CT molecular complexity index is 565. The number of hydrogen-bond acceptors (Lipinski definition) is 3. The Morgan fingerprint density at radius 1 is 1.19 bits per heavy atom. The molecular weight excluding hydrogens is 268 g/mol. The Kier molecular flexibility index (Phi) is 3.80. The Labute approximate surface area is 124 Å². The van der Waals surface area contributed by atoms with Crippen LogP contribution in [-0.4, -0.2) is 30.6 Å². The molecule has 3 N–H and O–H groups in total. The van der Waals surface area contributed by atoms with Gasteiger partial charge in [-0.2, -0.15) is 0 Å². The third kappa shape index (κ3) is 2.53. The van der Waals surface area contributed by atoms with Gasteiger partial charge in [0.1, 0.15) is 0 Å². The number of carbonyl (C=O) groups is 2. The van der Waals surface area contributed by atoms with E-state index in [-0.39, 0.29) is 23.0 Å². The van der Waals surface area contributed by atoms with E-state index in [2.05, 4.69) is 26.1 Å². The van der Waals surface area contributed by atoms with Gasteiger partial charge in [0.05, 0.1) is 5.60 Å². The summed E-state index contributed by atoms with van der Waals surface area (Å²) in [6.07, 6.45) is 0.779. The van der Waals surface area contributed by atoms with Crippen LogP contribution >= 0.6 is 0 Å². The minimum atomic E-state index is -0.502. The number of carbonyl (C=O) groups excluding carboxylic acids is 2. The van der Waals surface area contributed by atoms with Crippen molar-refractivity contribution < 1.29 is 14.3 Å². The standard InChI is InChI=1S/C16H22N2O3/c1-15(2)12(9-16(15,3)21-4)18-14(20)11-7-5-10(6-8-11)13(17)19/h5-8,12H,9H2,1-4H3,(H2,17,19)(H,18,20). The van der Waals surface area contributed by atoms with E-state index in [0.717, 1.165) is 6.42 Å². The molecule has 0 aliphatic heterocycles. The highest BCUT2D eigenvalue weighted by Gasteiger charge is 2.58. The normalized spacial score (nSPS) is 26.8. The van der Waals surface area contributed by atoms with E-state index in [9.17, 15) is 9.59 Å². The zero-order valence-electron chi connectivity index (χ0n) is 12.9. The van der Waals surface area contributed by atoms with Crippen molar-refractivity contribution in [3.05, 3.63) is 35.4 Å². The maximum absolute atomic E-state index is 12.2. The van der Waals surface area contributed by atoms with Crippen molar-refractivity contribution in [3.8, 4) is 0 Å². The summed E-state index contributed by atoms with van der Waals surface area (Å²) >= 11 is 0. The number of primary amides is 1. The SMILES string of the molecule is COC1(C)CC(NC(=O)c2ccc(C(N)=O)cc2)C1(C)C. The Morgan fingerprint density at radius 3 is 2.14 bits per heavy atom. The number of methoxy groups -OCH3 is 1. The van der Waals surface area contributed by atoms with Gasteiger partial charge >= 0.3 is 0 Å². The van der Waals surface area contributed by atoms with E-state index in [0.29, 0.717) is 11.1 Å². The first-order chi connectivity index (χ1) is 9.71. The highest BCUT2D eigenvalue weighted by molar-refractivity contribution is 5.97. The summed E-state index contributed by atoms with van der Waals surface area (Å²) in [6, 6.07) is 6.39. The van der Waals surface area contributed by atoms with Crippen LogP contribution in [0.5, 0.6) is 0 Å². The predicted octanol–water partition coefficient (Wildman–Crippen LogP) is 1.72. The molecule has 0 aromatic heterocycles. The van der Waals surface area contributed by atoms with Gasteiger partial charge in [0.25, 0.3) is 5.91 Å². The molecule has 1 aliphatic carbocycles. The van der Waals surface area contributed by atoms with Crippen LogP contribution in [0.3, 0.4) is 0 Å². The first-order valence-corrected chi connectivity index (χ1v) is 6.97. The molecule has 1 saturated carbocycles. The summed E-state index contributed by atoms with van der Waals surface area (Å²) in [6.45, 7) is 6.22. The van der Waals surface area contributed by atoms with Crippen molar-refractivity contribution in [3.63, 3.8) is 0 Å². The Morgan fingerprint density at radius 2 is 1.71 bits per heavy atom. The molecule has 5 heteroatoms. The summed E-state index contributed by atoms with van der Waals surface area (Å²) < 4.78 is 5.55. The smallest absolute Gasteiger partial charge is 0.251 e. The first kappa shape index (κ1) is 15.5. The van der Waals surface area contributed by atoms with E-state index in [4.69, 9.17) is 10.5 Å². The van der Waals surface area contributed by atoms with Crippen LogP contribution in [-0.2, 0) is 4.74 Å². The number of amides is 2. The fourth-order valence-corrected chi connectivity index (χ4v) is 2.75. The topological polar surface area (TPSA) is 81.4 Å². The molecule has 5 nitrogen and oxygen atoms in total. The van der Waals surface area contributed by atoms with Gasteiger partial charge in [-0.05, 0) is 37.6 Å². The summed E-state index contributed by atoms with van der Waals surface area (Å²) in [5.74, 6) is -0.653. The molecule has 21 heavy (non-hydrogen) atoms. The van der Waals surface area contributed by atoms with Crippen molar-refractivity contribution in [1.29, 1.82) is 0 Å². The van der Waals surface area contributed by atoms with Gasteiger partial charge in [-0.25, -0.2) is 0 Å². The van der Waals surface area contributed by atoms with Crippen LogP contribution in [0.2, 0.25) is 0 Å². The van der Waals surface area contributed by atoms with Crippen molar-refractivity contribution in [2.75, 3.05) is 7.11 Å². The molecule has 0 saturated heterocycles. The summed E-state index contributed by atoms with van der Waals surface area (Å²) in [5, 5.41) is 3.03. The Hall–Kier alpha value is -1.88. The van der Waals surface area contributed by atoms with Gasteiger partial charge in [0, 0.05) is 29.7 Å². The molecule has 0 bridgehead atoms. The van der Waals surface area contributed by atoms with Gasteiger partial charge in [-0.1, -0.05) is 13.8 Å². The highest BCUT2D eigenvalue weighted by atomic mass is 16.5. The largest absolute Gasteiger partial charge is 0.378 e. The van der Waals surface area contributed by atoms with Crippen molar-refractivity contribution in [1.82, 2.24) is 5.32 Å². The number of hydrogen-bond donors (Lipinski definition) is 2.